The van der Waals surface area contributed by atoms with E-state index in [1.54, 1.807) is 36.4 Å². The fraction of sp³-hybridized carbons (Fsp3) is 0. The second-order valence-corrected chi connectivity index (χ2v) is 4.38. The molecule has 6 heteroatoms. The summed E-state index contributed by atoms with van der Waals surface area (Å²) in [6.07, 6.45) is 1.43. The maximum Gasteiger partial charge on any atom is 0.331 e. The molecule has 0 spiro atoms. The van der Waals surface area contributed by atoms with Crippen LogP contribution in [0, 0.1) is 10.1 Å². The summed E-state index contributed by atoms with van der Waals surface area (Å²) in [6, 6.07) is 12.9. The Morgan fingerprint density at radius 2 is 1.90 bits per heavy atom. The van der Waals surface area contributed by atoms with E-state index in [1.807, 2.05) is 0 Å². The smallest absolute Gasteiger partial charge is 0.331 e. The summed E-state index contributed by atoms with van der Waals surface area (Å²) in [4.78, 5) is 14.3. The van der Waals surface area contributed by atoms with Gasteiger partial charge in [-0.15, -0.1) is 0 Å². The van der Waals surface area contributed by atoms with Crippen LogP contribution < -0.4 is 4.74 Å². The van der Waals surface area contributed by atoms with E-state index < -0.39 is 4.92 Å². The second-order valence-electron chi connectivity index (χ2n) is 4.38. The van der Waals surface area contributed by atoms with Gasteiger partial charge in [0, 0.05) is 12.3 Å². The molecule has 3 aromatic rings. The normalized spacial score (nSPS) is 10.5. The van der Waals surface area contributed by atoms with E-state index in [4.69, 9.17) is 4.74 Å². The predicted octanol–water partition coefficient (Wildman–Crippen LogP) is 3.64. The van der Waals surface area contributed by atoms with Crippen molar-refractivity contribution in [3.05, 3.63) is 64.8 Å². The van der Waals surface area contributed by atoms with Gasteiger partial charge < -0.3 is 9.84 Å². The third kappa shape index (κ3) is 2.59. The minimum atomic E-state index is -0.546. The summed E-state index contributed by atoms with van der Waals surface area (Å²) >= 11 is 0. The number of phenolic OH excluding ortho intramolecular Hbond substituents is 1. The minimum Gasteiger partial charge on any atom is -0.508 e. The largest absolute Gasteiger partial charge is 0.508 e. The van der Waals surface area contributed by atoms with Crippen molar-refractivity contribution in [2.45, 2.75) is 0 Å². The maximum absolute atomic E-state index is 10.9. The van der Waals surface area contributed by atoms with Gasteiger partial charge in [-0.05, 0) is 41.1 Å². The van der Waals surface area contributed by atoms with E-state index in [0.29, 0.717) is 5.75 Å². The molecule has 0 aliphatic rings. The van der Waals surface area contributed by atoms with Gasteiger partial charge in [0.25, 0.3) is 5.88 Å². The number of hydrogen-bond acceptors (Lipinski definition) is 5. The van der Waals surface area contributed by atoms with Crippen LogP contribution in [0.4, 0.5) is 5.69 Å². The highest BCUT2D eigenvalue weighted by molar-refractivity contribution is 5.85. The highest BCUT2D eigenvalue weighted by Crippen LogP contribution is 2.31. The molecule has 0 saturated carbocycles. The molecule has 1 N–H and O–H groups in total. The van der Waals surface area contributed by atoms with Crippen molar-refractivity contribution in [2.24, 2.45) is 0 Å². The highest BCUT2D eigenvalue weighted by atomic mass is 16.6. The first-order valence-corrected chi connectivity index (χ1v) is 6.13. The van der Waals surface area contributed by atoms with E-state index in [0.717, 1.165) is 10.8 Å². The molecular weight excluding hydrogens is 272 g/mol. The van der Waals surface area contributed by atoms with E-state index >= 15 is 0 Å². The van der Waals surface area contributed by atoms with Crippen molar-refractivity contribution < 1.29 is 14.8 Å². The van der Waals surface area contributed by atoms with Gasteiger partial charge in [-0.25, -0.2) is 4.98 Å². The summed E-state index contributed by atoms with van der Waals surface area (Å²) in [5.41, 5.74) is -0.200. The first-order chi connectivity index (χ1) is 10.1. The third-order valence-electron chi connectivity index (χ3n) is 2.96. The molecular formula is C15H10N2O4. The van der Waals surface area contributed by atoms with Crippen molar-refractivity contribution in [3.8, 4) is 17.4 Å². The van der Waals surface area contributed by atoms with Crippen LogP contribution in [0.3, 0.4) is 0 Å². The van der Waals surface area contributed by atoms with Crippen LogP contribution in [0.1, 0.15) is 0 Å². The molecule has 0 aliphatic carbocycles. The number of pyridine rings is 1. The first kappa shape index (κ1) is 12.9. The Morgan fingerprint density at radius 3 is 2.71 bits per heavy atom. The average Bonchev–Trinajstić information content (AvgIpc) is 2.47. The number of ether oxygens (including phenoxy) is 1. The van der Waals surface area contributed by atoms with Crippen molar-refractivity contribution in [1.82, 2.24) is 4.98 Å². The molecule has 6 nitrogen and oxygen atoms in total. The van der Waals surface area contributed by atoms with Gasteiger partial charge in [0.15, 0.2) is 0 Å². The van der Waals surface area contributed by atoms with Crippen LogP contribution in [-0.4, -0.2) is 15.0 Å². The topological polar surface area (TPSA) is 85.5 Å². The first-order valence-electron chi connectivity index (χ1n) is 6.13. The molecule has 0 saturated heterocycles. The van der Waals surface area contributed by atoms with E-state index in [9.17, 15) is 15.2 Å². The van der Waals surface area contributed by atoms with Gasteiger partial charge >= 0.3 is 5.69 Å². The molecule has 1 aromatic heterocycles. The third-order valence-corrected chi connectivity index (χ3v) is 2.96. The molecule has 0 radical (unpaired) electrons. The number of aromatic hydroxyl groups is 1. The summed E-state index contributed by atoms with van der Waals surface area (Å²) in [6.45, 7) is 0. The Kier molecular flexibility index (Phi) is 3.12. The predicted molar refractivity (Wildman–Crippen MR) is 76.6 cm³/mol. The summed E-state index contributed by atoms with van der Waals surface area (Å²) in [5, 5.41) is 22.1. The van der Waals surface area contributed by atoms with Crippen LogP contribution in [0.2, 0.25) is 0 Å². The SMILES string of the molecule is O=[N+]([O-])c1cccnc1Oc1ccc2ccc(O)cc2c1. The van der Waals surface area contributed by atoms with Crippen LogP contribution >= 0.6 is 0 Å². The van der Waals surface area contributed by atoms with Crippen LogP contribution in [0.15, 0.2) is 54.7 Å². The summed E-state index contributed by atoms with van der Waals surface area (Å²) < 4.78 is 5.48. The van der Waals surface area contributed by atoms with Crippen molar-refractivity contribution in [2.75, 3.05) is 0 Å². The summed E-state index contributed by atoms with van der Waals surface area (Å²) in [5.74, 6) is 0.486. The zero-order valence-electron chi connectivity index (χ0n) is 10.8. The number of phenols is 1. The number of nitro groups is 1. The van der Waals surface area contributed by atoms with Gasteiger partial charge in [-0.1, -0.05) is 12.1 Å². The number of nitrogens with zero attached hydrogens (tertiary/aromatic N) is 2. The van der Waals surface area contributed by atoms with Crippen LogP contribution in [-0.2, 0) is 0 Å². The monoisotopic (exact) mass is 282 g/mol. The Morgan fingerprint density at radius 1 is 1.10 bits per heavy atom. The average molecular weight is 282 g/mol. The van der Waals surface area contributed by atoms with E-state index in [1.165, 1.54) is 18.3 Å². The van der Waals surface area contributed by atoms with Gasteiger partial charge in [0.1, 0.15) is 11.5 Å². The molecule has 0 unspecified atom stereocenters. The number of fused-ring (bicyclic) bond motifs is 1. The fourth-order valence-electron chi connectivity index (χ4n) is 1.99. The lowest BCUT2D eigenvalue weighted by atomic mass is 10.1. The lowest BCUT2D eigenvalue weighted by Crippen LogP contribution is -1.95. The standard InChI is InChI=1S/C15H10N2O4/c18-12-5-3-10-4-6-13(9-11(10)8-12)21-15-14(17(19)20)2-1-7-16-15/h1-9,18H. The van der Waals surface area contributed by atoms with Crippen LogP contribution in [0.25, 0.3) is 10.8 Å². The molecule has 0 bridgehead atoms. The van der Waals surface area contributed by atoms with Crippen molar-refractivity contribution in [1.29, 1.82) is 0 Å². The molecule has 0 atom stereocenters. The lowest BCUT2D eigenvalue weighted by Gasteiger charge is -2.06. The number of rotatable bonds is 3. The fourth-order valence-corrected chi connectivity index (χ4v) is 1.99. The molecule has 0 aliphatic heterocycles. The van der Waals surface area contributed by atoms with Crippen molar-refractivity contribution >= 4 is 16.5 Å². The Balaban J connectivity index is 2.00. The zero-order chi connectivity index (χ0) is 14.8. The quantitative estimate of drug-likeness (QED) is 0.585. The molecule has 21 heavy (non-hydrogen) atoms. The minimum absolute atomic E-state index is 0.0676. The Labute approximate surface area is 119 Å². The zero-order valence-corrected chi connectivity index (χ0v) is 10.8. The van der Waals surface area contributed by atoms with Gasteiger partial charge in [-0.2, -0.15) is 0 Å². The van der Waals surface area contributed by atoms with Crippen molar-refractivity contribution in [3.63, 3.8) is 0 Å². The molecule has 0 amide bonds. The number of hydrogen-bond donors (Lipinski definition) is 1. The van der Waals surface area contributed by atoms with E-state index in [-0.39, 0.29) is 17.3 Å². The molecule has 3 rings (SSSR count). The molecule has 1 heterocycles. The molecule has 0 fully saturated rings. The lowest BCUT2D eigenvalue weighted by molar-refractivity contribution is -0.386. The number of aromatic nitrogens is 1. The molecule has 104 valence electrons. The second kappa shape index (κ2) is 5.09. The van der Waals surface area contributed by atoms with Gasteiger partial charge in [0.2, 0.25) is 0 Å². The number of benzene rings is 2. The maximum atomic E-state index is 10.9. The Hall–Kier alpha value is -3.15. The van der Waals surface area contributed by atoms with Gasteiger partial charge in [0.05, 0.1) is 4.92 Å². The Bertz CT molecular complexity index is 833. The van der Waals surface area contributed by atoms with Crippen LogP contribution in [0.5, 0.6) is 17.4 Å². The summed E-state index contributed by atoms with van der Waals surface area (Å²) in [7, 11) is 0. The molecule has 2 aromatic carbocycles. The van der Waals surface area contributed by atoms with Gasteiger partial charge in [-0.3, -0.25) is 10.1 Å². The van der Waals surface area contributed by atoms with E-state index in [2.05, 4.69) is 4.98 Å². The highest BCUT2D eigenvalue weighted by Gasteiger charge is 2.16.